The summed E-state index contributed by atoms with van der Waals surface area (Å²) in [5.74, 6) is -4.86. The van der Waals surface area contributed by atoms with Gasteiger partial charge in [-0.25, -0.2) is 16.8 Å². The largest absolute Gasteiger partial charge is 0.341 e. The molecular formula is C19H18ClF2NO5S2. The van der Waals surface area contributed by atoms with Crippen molar-refractivity contribution >= 4 is 37.2 Å². The Morgan fingerprint density at radius 1 is 1.07 bits per heavy atom. The third-order valence-electron chi connectivity index (χ3n) is 4.94. The van der Waals surface area contributed by atoms with Crippen molar-refractivity contribution in [1.29, 1.82) is 0 Å². The number of hydrogen-bond acceptors (Lipinski definition) is 5. The number of sulfone groups is 2. The van der Waals surface area contributed by atoms with E-state index >= 15 is 0 Å². The molecule has 0 bridgehead atoms. The molecule has 1 unspecified atom stereocenters. The van der Waals surface area contributed by atoms with Crippen LogP contribution in [0, 0.1) is 0 Å². The minimum absolute atomic E-state index is 0.00296. The Bertz CT molecular complexity index is 1170. The monoisotopic (exact) mass is 477 g/mol. The highest BCUT2D eigenvalue weighted by Gasteiger charge is 2.36. The molecule has 0 saturated carbocycles. The van der Waals surface area contributed by atoms with Gasteiger partial charge in [0, 0.05) is 18.1 Å². The van der Waals surface area contributed by atoms with Crippen LogP contribution in [0.2, 0.25) is 5.02 Å². The van der Waals surface area contributed by atoms with E-state index in [1.807, 2.05) is 0 Å². The quantitative estimate of drug-likeness (QED) is 0.674. The zero-order chi connectivity index (χ0) is 22.1. The van der Waals surface area contributed by atoms with E-state index in [1.165, 1.54) is 17.0 Å². The predicted molar refractivity (Wildman–Crippen MR) is 108 cm³/mol. The van der Waals surface area contributed by atoms with Crippen LogP contribution in [0.25, 0.3) is 0 Å². The SMILES string of the molecule is O=C(c1ccccc1S(=O)(=O)C(F)F)N1CCC(c2ccccc2Cl)S(=O)(=O)CC1. The summed E-state index contributed by atoms with van der Waals surface area (Å²) in [6, 6.07) is 11.2. The topological polar surface area (TPSA) is 88.6 Å². The van der Waals surface area contributed by atoms with E-state index in [1.54, 1.807) is 24.3 Å². The van der Waals surface area contributed by atoms with Gasteiger partial charge in [-0.3, -0.25) is 4.79 Å². The maximum atomic E-state index is 13.0. The molecule has 0 spiro atoms. The van der Waals surface area contributed by atoms with Gasteiger partial charge in [0.15, 0.2) is 9.84 Å². The molecule has 2 aromatic rings. The lowest BCUT2D eigenvalue weighted by atomic mass is 10.1. The second kappa shape index (κ2) is 8.60. The van der Waals surface area contributed by atoms with E-state index in [4.69, 9.17) is 11.6 Å². The fraction of sp³-hybridized carbons (Fsp3) is 0.316. The van der Waals surface area contributed by atoms with Gasteiger partial charge >= 0.3 is 5.76 Å². The highest BCUT2D eigenvalue weighted by molar-refractivity contribution is 7.92. The van der Waals surface area contributed by atoms with Gasteiger partial charge in [0.05, 0.1) is 21.5 Å². The average Bonchev–Trinajstić information content (AvgIpc) is 2.86. The molecule has 1 heterocycles. The molecule has 1 atom stereocenters. The summed E-state index contributed by atoms with van der Waals surface area (Å²) < 4.78 is 75.5. The van der Waals surface area contributed by atoms with Crippen molar-refractivity contribution in [1.82, 2.24) is 4.90 Å². The number of halogens is 3. The van der Waals surface area contributed by atoms with Crippen molar-refractivity contribution in [3.05, 3.63) is 64.7 Å². The van der Waals surface area contributed by atoms with Gasteiger partial charge in [0.25, 0.3) is 5.91 Å². The zero-order valence-corrected chi connectivity index (χ0v) is 17.9. The lowest BCUT2D eigenvalue weighted by molar-refractivity contribution is 0.0762. The van der Waals surface area contributed by atoms with Gasteiger partial charge in [0.1, 0.15) is 0 Å². The highest BCUT2D eigenvalue weighted by Crippen LogP contribution is 2.34. The molecule has 0 N–H and O–H groups in total. The number of hydrogen-bond donors (Lipinski definition) is 0. The Labute approximate surface area is 178 Å². The van der Waals surface area contributed by atoms with Gasteiger partial charge in [0.2, 0.25) is 9.84 Å². The summed E-state index contributed by atoms with van der Waals surface area (Å²) >= 11 is 6.15. The number of carbonyl (C=O) groups is 1. The third kappa shape index (κ3) is 4.35. The zero-order valence-electron chi connectivity index (χ0n) is 15.5. The molecule has 0 aliphatic carbocycles. The summed E-state index contributed by atoms with van der Waals surface area (Å²) in [4.78, 5) is 13.4. The van der Waals surface area contributed by atoms with Crippen molar-refractivity contribution < 1.29 is 30.4 Å². The molecule has 1 amide bonds. The van der Waals surface area contributed by atoms with Gasteiger partial charge in [-0.1, -0.05) is 41.9 Å². The van der Waals surface area contributed by atoms with E-state index < -0.39 is 47.0 Å². The number of amides is 1. The highest BCUT2D eigenvalue weighted by atomic mass is 35.5. The van der Waals surface area contributed by atoms with Crippen LogP contribution < -0.4 is 0 Å². The van der Waals surface area contributed by atoms with Gasteiger partial charge in [-0.2, -0.15) is 8.78 Å². The van der Waals surface area contributed by atoms with E-state index in [0.717, 1.165) is 12.1 Å². The Morgan fingerprint density at radius 3 is 2.37 bits per heavy atom. The molecule has 6 nitrogen and oxygen atoms in total. The fourth-order valence-corrected chi connectivity index (χ4v) is 6.46. The van der Waals surface area contributed by atoms with Gasteiger partial charge < -0.3 is 4.90 Å². The second-order valence-corrected chi connectivity index (χ2v) is 11.4. The van der Waals surface area contributed by atoms with Crippen LogP contribution in [0.1, 0.15) is 27.6 Å². The second-order valence-electron chi connectivity index (χ2n) is 6.76. The predicted octanol–water partition coefficient (Wildman–Crippen LogP) is 3.34. The van der Waals surface area contributed by atoms with Crippen LogP contribution in [0.3, 0.4) is 0 Å². The van der Waals surface area contributed by atoms with E-state index in [0.29, 0.717) is 10.6 Å². The normalized spacial score (nSPS) is 19.5. The first kappa shape index (κ1) is 22.6. The first-order valence-electron chi connectivity index (χ1n) is 8.92. The summed E-state index contributed by atoms with van der Waals surface area (Å²) in [6.45, 7) is -0.192. The van der Waals surface area contributed by atoms with Crippen LogP contribution in [0.5, 0.6) is 0 Å². The maximum Gasteiger partial charge on any atom is 0.341 e. The molecule has 2 aromatic carbocycles. The number of benzene rings is 2. The van der Waals surface area contributed by atoms with Gasteiger partial charge in [-0.15, -0.1) is 0 Å². The molecule has 0 radical (unpaired) electrons. The van der Waals surface area contributed by atoms with Crippen LogP contribution in [-0.2, 0) is 19.7 Å². The number of alkyl halides is 2. The first-order valence-corrected chi connectivity index (χ1v) is 12.6. The van der Waals surface area contributed by atoms with E-state index in [-0.39, 0.29) is 25.3 Å². The number of carbonyl (C=O) groups excluding carboxylic acids is 1. The van der Waals surface area contributed by atoms with Crippen LogP contribution in [0.15, 0.2) is 53.4 Å². The van der Waals surface area contributed by atoms with E-state index in [9.17, 15) is 30.4 Å². The smallest absolute Gasteiger partial charge is 0.338 e. The average molecular weight is 478 g/mol. The van der Waals surface area contributed by atoms with Crippen molar-refractivity contribution in [3.63, 3.8) is 0 Å². The molecule has 1 aliphatic heterocycles. The Balaban J connectivity index is 1.93. The number of rotatable bonds is 4. The Morgan fingerprint density at radius 2 is 1.70 bits per heavy atom. The summed E-state index contributed by atoms with van der Waals surface area (Å²) in [5.41, 5.74) is 0.0144. The summed E-state index contributed by atoms with van der Waals surface area (Å²) in [5, 5.41) is -0.636. The Hall–Kier alpha value is -2.04. The van der Waals surface area contributed by atoms with Crippen molar-refractivity contribution in [2.45, 2.75) is 22.3 Å². The number of nitrogens with zero attached hydrogens (tertiary/aromatic N) is 1. The molecule has 0 aromatic heterocycles. The minimum atomic E-state index is -5.00. The molecule has 162 valence electrons. The molecule has 11 heteroatoms. The van der Waals surface area contributed by atoms with Crippen molar-refractivity contribution in [2.24, 2.45) is 0 Å². The molecular weight excluding hydrogens is 460 g/mol. The molecule has 1 saturated heterocycles. The molecule has 30 heavy (non-hydrogen) atoms. The first-order chi connectivity index (χ1) is 14.1. The fourth-order valence-electron chi connectivity index (χ4n) is 3.39. The van der Waals surface area contributed by atoms with Crippen LogP contribution in [0.4, 0.5) is 8.78 Å². The maximum absolute atomic E-state index is 13.0. The standard InChI is InChI=1S/C19H18ClF2NO5S2/c20-15-7-3-1-5-13(15)16-9-10-23(11-12-29(16,25)26)18(24)14-6-2-4-8-17(14)30(27,28)19(21)22/h1-8,16,19H,9-12H2. The van der Waals surface area contributed by atoms with Crippen LogP contribution in [-0.4, -0.2) is 52.2 Å². The van der Waals surface area contributed by atoms with E-state index in [2.05, 4.69) is 0 Å². The lowest BCUT2D eigenvalue weighted by Gasteiger charge is -2.21. The molecule has 1 aliphatic rings. The molecule has 3 rings (SSSR count). The summed E-state index contributed by atoms with van der Waals surface area (Å²) in [7, 11) is -8.65. The third-order valence-corrected chi connectivity index (χ3v) is 8.83. The summed E-state index contributed by atoms with van der Waals surface area (Å²) in [6.07, 6.45) is 0.0432. The van der Waals surface area contributed by atoms with Crippen molar-refractivity contribution in [2.75, 3.05) is 18.8 Å². The lowest BCUT2D eigenvalue weighted by Crippen LogP contribution is -2.34. The van der Waals surface area contributed by atoms with Gasteiger partial charge in [-0.05, 0) is 30.2 Å². The van der Waals surface area contributed by atoms with Crippen molar-refractivity contribution in [3.8, 4) is 0 Å². The van der Waals surface area contributed by atoms with Crippen LogP contribution >= 0.6 is 11.6 Å². The minimum Gasteiger partial charge on any atom is -0.338 e. The molecule has 1 fully saturated rings. The Kier molecular flexibility index (Phi) is 6.49.